The predicted molar refractivity (Wildman–Crippen MR) is 121 cm³/mol. The summed E-state index contributed by atoms with van der Waals surface area (Å²) in [5.74, 6) is -2.94. The summed E-state index contributed by atoms with van der Waals surface area (Å²) >= 11 is 7.23. The van der Waals surface area contributed by atoms with Gasteiger partial charge in [-0.25, -0.2) is 0 Å². The van der Waals surface area contributed by atoms with Crippen LogP contribution in [0.3, 0.4) is 0 Å². The summed E-state index contributed by atoms with van der Waals surface area (Å²) in [5.41, 5.74) is 1.04. The van der Waals surface area contributed by atoms with Crippen LogP contribution in [0.2, 0.25) is 0 Å². The molecule has 32 heavy (non-hydrogen) atoms. The van der Waals surface area contributed by atoms with Crippen LogP contribution in [0.25, 0.3) is 0 Å². The third-order valence-electron chi connectivity index (χ3n) is 6.22. The number of rotatable bonds is 6. The van der Waals surface area contributed by atoms with Gasteiger partial charge in [0, 0.05) is 28.0 Å². The minimum Gasteiger partial charge on any atom is -0.454 e. The molecule has 1 aliphatic heterocycles. The quantitative estimate of drug-likeness (QED) is 0.306. The first-order valence-corrected chi connectivity index (χ1v) is 12.0. The van der Waals surface area contributed by atoms with Crippen LogP contribution >= 0.6 is 31.9 Å². The van der Waals surface area contributed by atoms with E-state index < -0.39 is 36.9 Å². The van der Waals surface area contributed by atoms with E-state index in [0.717, 1.165) is 11.3 Å². The zero-order chi connectivity index (χ0) is 23.2. The van der Waals surface area contributed by atoms with E-state index in [4.69, 9.17) is 4.74 Å². The number of ether oxygens (including phenoxy) is 1. The highest BCUT2D eigenvalue weighted by Gasteiger charge is 2.66. The van der Waals surface area contributed by atoms with Crippen LogP contribution in [0.5, 0.6) is 0 Å². The second-order valence-electron chi connectivity index (χ2n) is 8.23. The average molecular weight is 571 g/mol. The van der Waals surface area contributed by atoms with Gasteiger partial charge in [-0.1, -0.05) is 31.9 Å². The number of anilines is 2. The Kier molecular flexibility index (Phi) is 6.39. The Balaban J connectivity index is 1.27. The van der Waals surface area contributed by atoms with Crippen LogP contribution < -0.4 is 10.6 Å². The molecule has 0 unspecified atom stereocenters. The van der Waals surface area contributed by atoms with E-state index in [9.17, 15) is 24.0 Å². The molecular weight excluding hydrogens is 550 g/mol. The maximum Gasteiger partial charge on any atom is 0.326 e. The Morgan fingerprint density at radius 3 is 1.97 bits per heavy atom. The second kappa shape index (κ2) is 8.93. The molecule has 1 aromatic rings. The van der Waals surface area contributed by atoms with E-state index in [-0.39, 0.29) is 39.2 Å². The van der Waals surface area contributed by atoms with Gasteiger partial charge in [0.1, 0.15) is 6.54 Å². The third-order valence-corrected chi connectivity index (χ3v) is 9.43. The van der Waals surface area contributed by atoms with Gasteiger partial charge < -0.3 is 15.4 Å². The number of carbonyl (C=O) groups excluding carboxylic acids is 5. The largest absolute Gasteiger partial charge is 0.454 e. The summed E-state index contributed by atoms with van der Waals surface area (Å²) in [4.78, 5) is 62.1. The van der Waals surface area contributed by atoms with Gasteiger partial charge in [0.25, 0.3) is 5.91 Å². The minimum absolute atomic E-state index is 0.0645. The van der Waals surface area contributed by atoms with Crippen molar-refractivity contribution in [3.63, 3.8) is 0 Å². The fourth-order valence-corrected chi connectivity index (χ4v) is 6.80. The molecule has 3 aliphatic rings. The molecule has 9 nitrogen and oxygen atoms in total. The molecule has 2 aliphatic carbocycles. The molecule has 2 bridgehead atoms. The lowest BCUT2D eigenvalue weighted by Gasteiger charge is -2.28. The van der Waals surface area contributed by atoms with E-state index in [1.165, 1.54) is 6.92 Å². The molecule has 3 fully saturated rings. The first-order chi connectivity index (χ1) is 15.2. The fourth-order valence-electron chi connectivity index (χ4n) is 4.92. The third kappa shape index (κ3) is 4.19. The number of fused-ring (bicyclic) bond motifs is 5. The number of amides is 4. The van der Waals surface area contributed by atoms with Crippen molar-refractivity contribution in [3.8, 4) is 0 Å². The molecular formula is C21H21Br2N3O6. The van der Waals surface area contributed by atoms with Gasteiger partial charge in [0.15, 0.2) is 6.61 Å². The van der Waals surface area contributed by atoms with E-state index in [1.54, 1.807) is 24.3 Å². The number of halogens is 2. The van der Waals surface area contributed by atoms with Crippen LogP contribution in [0.1, 0.15) is 13.3 Å². The summed E-state index contributed by atoms with van der Waals surface area (Å²) in [5, 5.41) is 5.17. The van der Waals surface area contributed by atoms with E-state index >= 15 is 0 Å². The number of hydrogen-bond donors (Lipinski definition) is 2. The van der Waals surface area contributed by atoms with Gasteiger partial charge in [-0.05, 0) is 42.5 Å². The number of nitrogens with zero attached hydrogens (tertiary/aromatic N) is 1. The van der Waals surface area contributed by atoms with Crippen molar-refractivity contribution in [2.75, 3.05) is 23.8 Å². The summed E-state index contributed by atoms with van der Waals surface area (Å²) in [6, 6.07) is 6.42. The van der Waals surface area contributed by atoms with E-state index in [0.29, 0.717) is 11.4 Å². The summed E-state index contributed by atoms with van der Waals surface area (Å²) in [6.45, 7) is 0.344. The molecule has 0 radical (unpaired) electrons. The molecule has 6 atom stereocenters. The number of likely N-dealkylation sites (tertiary alicyclic amines) is 1. The number of alkyl halides is 2. The molecule has 1 saturated heterocycles. The Morgan fingerprint density at radius 2 is 1.47 bits per heavy atom. The Labute approximate surface area is 200 Å². The zero-order valence-corrected chi connectivity index (χ0v) is 20.2. The van der Waals surface area contributed by atoms with Crippen molar-refractivity contribution in [2.24, 2.45) is 23.7 Å². The average Bonchev–Trinajstić information content (AvgIpc) is 3.34. The van der Waals surface area contributed by atoms with Gasteiger partial charge >= 0.3 is 5.97 Å². The SMILES string of the molecule is CC(=O)Nc1ccc(NC(=O)COC(=O)CN2C(=O)[C@@H]3[C@H]4C[C@@H]([C@H](Br)[C@H]4Br)[C@@H]3C2=O)cc1. The molecule has 1 aromatic carbocycles. The van der Waals surface area contributed by atoms with Crippen LogP contribution in [-0.2, 0) is 28.7 Å². The smallest absolute Gasteiger partial charge is 0.326 e. The van der Waals surface area contributed by atoms with Gasteiger partial charge in [-0.15, -0.1) is 0 Å². The van der Waals surface area contributed by atoms with Gasteiger partial charge in [-0.2, -0.15) is 0 Å². The lowest BCUT2D eigenvalue weighted by molar-refractivity contribution is -0.154. The lowest BCUT2D eigenvalue weighted by atomic mass is 9.81. The second-order valence-corrected chi connectivity index (χ2v) is 10.3. The number of esters is 1. The molecule has 11 heteroatoms. The number of benzene rings is 1. The summed E-state index contributed by atoms with van der Waals surface area (Å²) in [6.07, 6.45) is 0.808. The number of carbonyl (C=O) groups is 5. The van der Waals surface area contributed by atoms with E-state index in [1.807, 2.05) is 0 Å². The van der Waals surface area contributed by atoms with E-state index in [2.05, 4.69) is 42.5 Å². The first kappa shape index (κ1) is 22.9. The normalized spacial score (nSPS) is 30.3. The summed E-state index contributed by atoms with van der Waals surface area (Å²) < 4.78 is 4.97. The highest BCUT2D eigenvalue weighted by Crippen LogP contribution is 2.60. The van der Waals surface area contributed by atoms with Crippen LogP contribution in [0, 0.1) is 23.7 Å². The van der Waals surface area contributed by atoms with Gasteiger partial charge in [-0.3, -0.25) is 28.9 Å². The predicted octanol–water partition coefficient (Wildman–Crippen LogP) is 1.90. The Bertz CT molecular complexity index is 952. The minimum atomic E-state index is -0.819. The highest BCUT2D eigenvalue weighted by atomic mass is 79.9. The molecule has 2 N–H and O–H groups in total. The molecule has 1 heterocycles. The molecule has 4 rings (SSSR count). The Morgan fingerprint density at radius 1 is 0.969 bits per heavy atom. The molecule has 2 saturated carbocycles. The zero-order valence-electron chi connectivity index (χ0n) is 17.0. The standard InChI is InChI=1S/C21H21Br2N3O6/c1-9(27)24-10-2-4-11(5-3-10)25-14(28)8-32-15(29)7-26-20(30)16-12-6-13(17(16)21(26)31)19(23)18(12)22/h2-5,12-13,16-19H,6-8H2,1H3,(H,24,27)(H,25,28)/t12-,13-,16-,17+,18+,19+/m1/s1. The van der Waals surface area contributed by atoms with Crippen LogP contribution in [-0.4, -0.2) is 57.3 Å². The molecule has 170 valence electrons. The number of hydrogen-bond acceptors (Lipinski definition) is 6. The van der Waals surface area contributed by atoms with Crippen molar-refractivity contribution in [2.45, 2.75) is 23.0 Å². The molecule has 4 amide bonds. The van der Waals surface area contributed by atoms with Crippen LogP contribution in [0.15, 0.2) is 24.3 Å². The maximum absolute atomic E-state index is 12.8. The Hall–Kier alpha value is -2.27. The van der Waals surface area contributed by atoms with Crippen molar-refractivity contribution < 1.29 is 28.7 Å². The topological polar surface area (TPSA) is 122 Å². The molecule has 0 aromatic heterocycles. The maximum atomic E-state index is 12.8. The first-order valence-electron chi connectivity index (χ1n) is 10.1. The highest BCUT2D eigenvalue weighted by molar-refractivity contribution is 9.12. The summed E-state index contributed by atoms with van der Waals surface area (Å²) in [7, 11) is 0. The van der Waals surface area contributed by atoms with Crippen molar-refractivity contribution >= 4 is 72.8 Å². The lowest BCUT2D eigenvalue weighted by Crippen LogP contribution is -2.38. The van der Waals surface area contributed by atoms with Crippen molar-refractivity contribution in [1.82, 2.24) is 4.90 Å². The van der Waals surface area contributed by atoms with Crippen LogP contribution in [0.4, 0.5) is 11.4 Å². The van der Waals surface area contributed by atoms with Gasteiger partial charge in [0.2, 0.25) is 17.7 Å². The monoisotopic (exact) mass is 569 g/mol. The molecule has 0 spiro atoms. The fraction of sp³-hybridized carbons (Fsp3) is 0.476. The van der Waals surface area contributed by atoms with Crippen molar-refractivity contribution in [1.29, 1.82) is 0 Å². The number of nitrogens with one attached hydrogen (secondary N) is 2. The van der Waals surface area contributed by atoms with Crippen molar-refractivity contribution in [3.05, 3.63) is 24.3 Å². The number of imide groups is 1. The van der Waals surface area contributed by atoms with Gasteiger partial charge in [0.05, 0.1) is 11.8 Å².